The standard InChI is InChI=1S/C15H12FNO/c16-13-2-4-14(5-3-13)17-8-7-12-9-11(10-18)1-6-15(12)17/h1-6,9-10H,7-8H2. The van der Waals surface area contributed by atoms with Gasteiger partial charge in [0.05, 0.1) is 0 Å². The minimum atomic E-state index is -0.227. The zero-order valence-electron chi connectivity index (χ0n) is 9.77. The molecule has 18 heavy (non-hydrogen) atoms. The Hall–Kier alpha value is -2.16. The number of halogens is 1. The minimum Gasteiger partial charge on any atom is -0.341 e. The van der Waals surface area contributed by atoms with E-state index in [-0.39, 0.29) is 5.82 Å². The van der Waals surface area contributed by atoms with Gasteiger partial charge in [0.15, 0.2) is 0 Å². The Balaban J connectivity index is 1.99. The quantitative estimate of drug-likeness (QED) is 0.752. The summed E-state index contributed by atoms with van der Waals surface area (Å²) in [4.78, 5) is 12.9. The largest absolute Gasteiger partial charge is 0.341 e. The molecule has 1 heterocycles. The van der Waals surface area contributed by atoms with Crippen LogP contribution in [-0.2, 0) is 6.42 Å². The average Bonchev–Trinajstić information content (AvgIpc) is 2.82. The molecular formula is C15H12FNO. The molecule has 0 amide bonds. The van der Waals surface area contributed by atoms with Gasteiger partial charge in [-0.1, -0.05) is 0 Å². The van der Waals surface area contributed by atoms with Crippen LogP contribution in [0.3, 0.4) is 0 Å². The molecule has 0 saturated heterocycles. The number of nitrogens with zero attached hydrogens (tertiary/aromatic N) is 1. The summed E-state index contributed by atoms with van der Waals surface area (Å²) in [5.74, 6) is -0.227. The molecule has 0 aliphatic carbocycles. The molecule has 0 unspecified atom stereocenters. The maximum absolute atomic E-state index is 12.9. The van der Waals surface area contributed by atoms with Crippen LogP contribution >= 0.6 is 0 Å². The number of hydrogen-bond acceptors (Lipinski definition) is 2. The summed E-state index contributed by atoms with van der Waals surface area (Å²) >= 11 is 0. The van der Waals surface area contributed by atoms with Crippen molar-refractivity contribution in [3.05, 3.63) is 59.4 Å². The Morgan fingerprint density at radius 2 is 1.89 bits per heavy atom. The molecule has 3 rings (SSSR count). The highest BCUT2D eigenvalue weighted by Crippen LogP contribution is 2.34. The monoisotopic (exact) mass is 241 g/mol. The Bertz CT molecular complexity index is 592. The van der Waals surface area contributed by atoms with Crippen molar-refractivity contribution >= 4 is 17.7 Å². The van der Waals surface area contributed by atoms with Crippen molar-refractivity contribution in [2.45, 2.75) is 6.42 Å². The van der Waals surface area contributed by atoms with E-state index in [1.165, 1.54) is 17.7 Å². The van der Waals surface area contributed by atoms with Crippen LogP contribution in [0.4, 0.5) is 15.8 Å². The number of hydrogen-bond donors (Lipinski definition) is 0. The van der Waals surface area contributed by atoms with Gasteiger partial charge in [-0.15, -0.1) is 0 Å². The van der Waals surface area contributed by atoms with Crippen LogP contribution in [0.1, 0.15) is 15.9 Å². The Kier molecular flexibility index (Phi) is 2.59. The summed E-state index contributed by atoms with van der Waals surface area (Å²) in [6.45, 7) is 0.864. The van der Waals surface area contributed by atoms with Crippen LogP contribution in [0.5, 0.6) is 0 Å². The van der Waals surface area contributed by atoms with Gasteiger partial charge in [0.2, 0.25) is 0 Å². The molecule has 0 spiro atoms. The fourth-order valence-corrected chi connectivity index (χ4v) is 2.38. The molecular weight excluding hydrogens is 229 g/mol. The van der Waals surface area contributed by atoms with E-state index in [0.29, 0.717) is 5.56 Å². The third-order valence-electron chi connectivity index (χ3n) is 3.27. The van der Waals surface area contributed by atoms with E-state index in [1.54, 1.807) is 12.1 Å². The molecule has 1 aliphatic rings. The van der Waals surface area contributed by atoms with Crippen LogP contribution in [0.15, 0.2) is 42.5 Å². The number of fused-ring (bicyclic) bond motifs is 1. The van der Waals surface area contributed by atoms with Gasteiger partial charge in [-0.2, -0.15) is 0 Å². The van der Waals surface area contributed by atoms with Gasteiger partial charge in [-0.05, 0) is 54.4 Å². The smallest absolute Gasteiger partial charge is 0.150 e. The summed E-state index contributed by atoms with van der Waals surface area (Å²) in [7, 11) is 0. The molecule has 2 aromatic rings. The van der Waals surface area contributed by atoms with Crippen molar-refractivity contribution in [1.29, 1.82) is 0 Å². The van der Waals surface area contributed by atoms with Gasteiger partial charge < -0.3 is 4.90 Å². The molecule has 90 valence electrons. The summed E-state index contributed by atoms with van der Waals surface area (Å²) in [6.07, 6.45) is 1.77. The lowest BCUT2D eigenvalue weighted by atomic mass is 10.1. The molecule has 0 radical (unpaired) electrons. The second-order valence-corrected chi connectivity index (χ2v) is 4.38. The first-order valence-electron chi connectivity index (χ1n) is 5.89. The number of carbonyl (C=O) groups is 1. The van der Waals surface area contributed by atoms with E-state index in [4.69, 9.17) is 0 Å². The molecule has 0 saturated carbocycles. The Labute approximate surface area is 105 Å². The average molecular weight is 241 g/mol. The van der Waals surface area contributed by atoms with Crippen LogP contribution in [0, 0.1) is 5.82 Å². The van der Waals surface area contributed by atoms with Crippen LogP contribution in [0.2, 0.25) is 0 Å². The van der Waals surface area contributed by atoms with Gasteiger partial charge in [-0.3, -0.25) is 4.79 Å². The second-order valence-electron chi connectivity index (χ2n) is 4.38. The number of carbonyl (C=O) groups excluding carboxylic acids is 1. The van der Waals surface area contributed by atoms with Crippen molar-refractivity contribution in [1.82, 2.24) is 0 Å². The lowest BCUT2D eigenvalue weighted by molar-refractivity contribution is 0.112. The molecule has 0 aromatic heterocycles. The first kappa shape index (κ1) is 11.0. The van der Waals surface area contributed by atoms with Crippen molar-refractivity contribution in [2.75, 3.05) is 11.4 Å². The summed E-state index contributed by atoms with van der Waals surface area (Å²) < 4.78 is 12.9. The van der Waals surface area contributed by atoms with Gasteiger partial charge in [0.25, 0.3) is 0 Å². The predicted molar refractivity (Wildman–Crippen MR) is 68.9 cm³/mol. The van der Waals surface area contributed by atoms with Crippen LogP contribution < -0.4 is 4.90 Å². The molecule has 3 heteroatoms. The molecule has 2 nitrogen and oxygen atoms in total. The highest BCUT2D eigenvalue weighted by atomic mass is 19.1. The molecule has 1 aliphatic heterocycles. The minimum absolute atomic E-state index is 0.227. The van der Waals surface area contributed by atoms with E-state index in [9.17, 15) is 9.18 Å². The van der Waals surface area contributed by atoms with Crippen LogP contribution in [0.25, 0.3) is 0 Å². The molecule has 0 N–H and O–H groups in total. The Morgan fingerprint density at radius 3 is 2.61 bits per heavy atom. The first-order valence-corrected chi connectivity index (χ1v) is 5.89. The van der Waals surface area contributed by atoms with E-state index in [0.717, 1.165) is 30.6 Å². The van der Waals surface area contributed by atoms with E-state index < -0.39 is 0 Å². The topological polar surface area (TPSA) is 20.3 Å². The molecule has 0 fully saturated rings. The highest BCUT2D eigenvalue weighted by molar-refractivity contribution is 5.79. The summed E-state index contributed by atoms with van der Waals surface area (Å²) in [5, 5.41) is 0. The third-order valence-corrected chi connectivity index (χ3v) is 3.27. The van der Waals surface area contributed by atoms with Gasteiger partial charge in [-0.25, -0.2) is 4.39 Å². The van der Waals surface area contributed by atoms with Crippen molar-refractivity contribution in [2.24, 2.45) is 0 Å². The normalized spacial score (nSPS) is 13.5. The van der Waals surface area contributed by atoms with E-state index in [2.05, 4.69) is 4.90 Å². The number of anilines is 2. The second kappa shape index (κ2) is 4.26. The zero-order valence-corrected chi connectivity index (χ0v) is 9.77. The third kappa shape index (κ3) is 1.78. The van der Waals surface area contributed by atoms with Gasteiger partial charge >= 0.3 is 0 Å². The lowest BCUT2D eigenvalue weighted by Crippen LogP contribution is -2.12. The number of benzene rings is 2. The maximum Gasteiger partial charge on any atom is 0.150 e. The Morgan fingerprint density at radius 1 is 1.11 bits per heavy atom. The molecule has 0 atom stereocenters. The number of aldehydes is 1. The van der Waals surface area contributed by atoms with Crippen molar-refractivity contribution in [3.8, 4) is 0 Å². The van der Waals surface area contributed by atoms with E-state index in [1.807, 2.05) is 18.2 Å². The SMILES string of the molecule is O=Cc1ccc2c(c1)CCN2c1ccc(F)cc1. The van der Waals surface area contributed by atoms with Crippen LogP contribution in [-0.4, -0.2) is 12.8 Å². The highest BCUT2D eigenvalue weighted by Gasteiger charge is 2.20. The first-order chi connectivity index (χ1) is 8.78. The molecule has 0 bridgehead atoms. The fraction of sp³-hybridized carbons (Fsp3) is 0.133. The molecule has 2 aromatic carbocycles. The lowest BCUT2D eigenvalue weighted by Gasteiger charge is -2.19. The van der Waals surface area contributed by atoms with Crippen molar-refractivity contribution in [3.63, 3.8) is 0 Å². The number of rotatable bonds is 2. The summed E-state index contributed by atoms with van der Waals surface area (Å²) in [5.41, 5.74) is 3.96. The predicted octanol–water partition coefficient (Wildman–Crippen LogP) is 3.33. The fourth-order valence-electron chi connectivity index (χ4n) is 2.38. The zero-order chi connectivity index (χ0) is 12.5. The van der Waals surface area contributed by atoms with Crippen molar-refractivity contribution < 1.29 is 9.18 Å². The maximum atomic E-state index is 12.9. The summed E-state index contributed by atoms with van der Waals surface area (Å²) in [6, 6.07) is 12.2. The van der Waals surface area contributed by atoms with Gasteiger partial charge in [0, 0.05) is 23.5 Å². The van der Waals surface area contributed by atoms with Gasteiger partial charge in [0.1, 0.15) is 12.1 Å². The van der Waals surface area contributed by atoms with E-state index >= 15 is 0 Å².